The smallest absolute Gasteiger partial charge is 0.240 e. The maximum absolute atomic E-state index is 13.4. The molecule has 1 saturated heterocycles. The minimum atomic E-state index is -3.75. The molecule has 1 N–H and O–H groups in total. The number of piperazine rings is 1. The highest BCUT2D eigenvalue weighted by atomic mass is 32.2. The van der Waals surface area contributed by atoms with Gasteiger partial charge in [0.25, 0.3) is 0 Å². The first-order chi connectivity index (χ1) is 18.1. The van der Waals surface area contributed by atoms with Gasteiger partial charge in [0.15, 0.2) is 0 Å². The van der Waals surface area contributed by atoms with Crippen molar-refractivity contribution in [2.24, 2.45) is 0 Å². The van der Waals surface area contributed by atoms with E-state index in [4.69, 9.17) is 4.74 Å². The molecule has 0 spiro atoms. The first-order valence-corrected chi connectivity index (χ1v) is 14.2. The van der Waals surface area contributed by atoms with Crippen molar-refractivity contribution in [2.45, 2.75) is 24.8 Å². The Bertz CT molecular complexity index is 1340. The largest absolute Gasteiger partial charge is 0.496 e. The lowest BCUT2D eigenvalue weighted by atomic mass is 10.0. The molecule has 3 aromatic rings. The van der Waals surface area contributed by atoms with Crippen LogP contribution >= 0.6 is 0 Å². The summed E-state index contributed by atoms with van der Waals surface area (Å²) in [6.45, 7) is 6.89. The third kappa shape index (κ3) is 6.28. The first-order valence-electron chi connectivity index (χ1n) is 12.8. The van der Waals surface area contributed by atoms with Gasteiger partial charge in [0, 0.05) is 64.2 Å². The van der Waals surface area contributed by atoms with Crippen molar-refractivity contribution in [3.8, 4) is 5.75 Å². The van der Waals surface area contributed by atoms with Gasteiger partial charge in [0.05, 0.1) is 12.0 Å². The van der Waals surface area contributed by atoms with Gasteiger partial charge in [-0.25, -0.2) is 17.5 Å². The van der Waals surface area contributed by atoms with Crippen molar-refractivity contribution in [3.63, 3.8) is 0 Å². The Balaban J connectivity index is 1.55. The van der Waals surface area contributed by atoms with Crippen molar-refractivity contribution in [2.75, 3.05) is 63.7 Å². The second-order valence-corrected chi connectivity index (χ2v) is 11.7. The summed E-state index contributed by atoms with van der Waals surface area (Å²) in [5.74, 6) is 0.419. The molecule has 1 heterocycles. The Morgan fingerprint density at radius 2 is 1.58 bits per heavy atom. The summed E-state index contributed by atoms with van der Waals surface area (Å²) in [7, 11) is 1.82. The van der Waals surface area contributed by atoms with Gasteiger partial charge in [-0.1, -0.05) is 12.1 Å². The SMILES string of the molecule is COc1cc(C)c(S(=O)(=O)NCC(c2ccc(N(C)C)cc2)N2CCN(c3ccc(F)cc3)CC2)cc1C. The van der Waals surface area contributed by atoms with Gasteiger partial charge in [0.2, 0.25) is 10.0 Å². The minimum Gasteiger partial charge on any atom is -0.496 e. The summed E-state index contributed by atoms with van der Waals surface area (Å²) in [6, 6.07) is 18.1. The van der Waals surface area contributed by atoms with Gasteiger partial charge in [-0.3, -0.25) is 4.90 Å². The number of rotatable bonds is 9. The standard InChI is InChI=1S/C29H37FN4O3S/c1-21-19-29(22(2)18-28(21)37-5)38(35,36)31-20-27(23-6-10-25(11-7-23)32(3)4)34-16-14-33(15-17-34)26-12-8-24(30)9-13-26/h6-13,18-19,27,31H,14-17,20H2,1-5H3. The summed E-state index contributed by atoms with van der Waals surface area (Å²) in [5, 5.41) is 0. The third-order valence-electron chi connectivity index (χ3n) is 7.19. The Kier molecular flexibility index (Phi) is 8.60. The monoisotopic (exact) mass is 540 g/mol. The van der Waals surface area contributed by atoms with Crippen molar-refractivity contribution in [1.82, 2.24) is 9.62 Å². The number of methoxy groups -OCH3 is 1. The maximum Gasteiger partial charge on any atom is 0.240 e. The fourth-order valence-electron chi connectivity index (χ4n) is 4.94. The van der Waals surface area contributed by atoms with Gasteiger partial charge in [0.1, 0.15) is 11.6 Å². The molecular weight excluding hydrogens is 503 g/mol. The lowest BCUT2D eigenvalue weighted by Crippen LogP contribution is -2.50. The van der Waals surface area contributed by atoms with E-state index in [9.17, 15) is 12.8 Å². The average molecular weight is 541 g/mol. The summed E-state index contributed by atoms with van der Waals surface area (Å²) < 4.78 is 48.5. The van der Waals surface area contributed by atoms with Crippen LogP contribution in [-0.2, 0) is 10.0 Å². The Morgan fingerprint density at radius 1 is 0.947 bits per heavy atom. The van der Waals surface area contributed by atoms with Gasteiger partial charge >= 0.3 is 0 Å². The van der Waals surface area contributed by atoms with E-state index in [1.54, 1.807) is 38.3 Å². The molecule has 9 heteroatoms. The molecule has 0 bridgehead atoms. The van der Waals surface area contributed by atoms with Crippen LogP contribution in [0.2, 0.25) is 0 Å². The molecule has 1 fully saturated rings. The van der Waals surface area contributed by atoms with Crippen molar-refractivity contribution in [3.05, 3.63) is 83.2 Å². The number of halogens is 1. The van der Waals surface area contributed by atoms with E-state index in [1.165, 1.54) is 12.1 Å². The second-order valence-electron chi connectivity index (χ2n) is 9.94. The Morgan fingerprint density at radius 3 is 2.16 bits per heavy atom. The van der Waals surface area contributed by atoms with Crippen LogP contribution in [0, 0.1) is 19.7 Å². The Hall–Kier alpha value is -3.14. The lowest BCUT2D eigenvalue weighted by molar-refractivity contribution is 0.187. The third-order valence-corrected chi connectivity index (χ3v) is 8.76. The molecule has 0 aromatic heterocycles. The number of anilines is 2. The normalized spacial score (nSPS) is 15.4. The van der Waals surface area contributed by atoms with E-state index in [0.29, 0.717) is 11.3 Å². The predicted molar refractivity (Wildman–Crippen MR) is 151 cm³/mol. The minimum absolute atomic E-state index is 0.143. The van der Waals surface area contributed by atoms with Crippen LogP contribution in [0.3, 0.4) is 0 Å². The molecule has 1 unspecified atom stereocenters. The molecule has 204 valence electrons. The van der Waals surface area contributed by atoms with Crippen LogP contribution in [0.25, 0.3) is 0 Å². The van der Waals surface area contributed by atoms with E-state index in [2.05, 4.69) is 38.8 Å². The Labute approximate surface area is 225 Å². The molecule has 0 radical (unpaired) electrons. The van der Waals surface area contributed by atoms with Gasteiger partial charge < -0.3 is 14.5 Å². The molecule has 1 aliphatic rings. The molecule has 3 aromatic carbocycles. The van der Waals surface area contributed by atoms with Crippen molar-refractivity contribution < 1.29 is 17.5 Å². The number of benzene rings is 3. The lowest BCUT2D eigenvalue weighted by Gasteiger charge is -2.40. The zero-order chi connectivity index (χ0) is 27.4. The first kappa shape index (κ1) is 27.9. The number of ether oxygens (including phenoxy) is 1. The van der Waals surface area contributed by atoms with E-state index in [-0.39, 0.29) is 23.3 Å². The van der Waals surface area contributed by atoms with Crippen molar-refractivity contribution >= 4 is 21.4 Å². The molecule has 4 rings (SSSR count). The number of nitrogens with zero attached hydrogens (tertiary/aromatic N) is 3. The maximum atomic E-state index is 13.4. The summed E-state index contributed by atoms with van der Waals surface area (Å²) >= 11 is 0. The topological polar surface area (TPSA) is 65.1 Å². The number of hydrogen-bond acceptors (Lipinski definition) is 6. The number of sulfonamides is 1. The molecule has 1 atom stereocenters. The van der Waals surface area contributed by atoms with Gasteiger partial charge in [-0.05, 0) is 79.1 Å². The van der Waals surface area contributed by atoms with Gasteiger partial charge in [-0.15, -0.1) is 0 Å². The molecule has 1 aliphatic heterocycles. The fourth-order valence-corrected chi connectivity index (χ4v) is 6.28. The second kappa shape index (κ2) is 11.7. The predicted octanol–water partition coefficient (Wildman–Crippen LogP) is 4.36. The fraction of sp³-hybridized carbons (Fsp3) is 0.379. The number of nitrogens with one attached hydrogen (secondary N) is 1. The van der Waals surface area contributed by atoms with Crippen LogP contribution in [0.15, 0.2) is 65.6 Å². The molecular formula is C29H37FN4O3S. The molecule has 38 heavy (non-hydrogen) atoms. The zero-order valence-electron chi connectivity index (χ0n) is 22.7. The highest BCUT2D eigenvalue weighted by molar-refractivity contribution is 7.89. The highest BCUT2D eigenvalue weighted by Crippen LogP contribution is 2.28. The number of aryl methyl sites for hydroxylation is 2. The molecule has 0 aliphatic carbocycles. The summed E-state index contributed by atoms with van der Waals surface area (Å²) in [4.78, 5) is 6.85. The molecule has 0 amide bonds. The quantitative estimate of drug-likeness (QED) is 0.435. The molecule has 0 saturated carbocycles. The van der Waals surface area contributed by atoms with E-state index >= 15 is 0 Å². The van der Waals surface area contributed by atoms with Crippen LogP contribution in [0.4, 0.5) is 15.8 Å². The van der Waals surface area contributed by atoms with Crippen LogP contribution in [-0.4, -0.2) is 67.2 Å². The van der Waals surface area contributed by atoms with Crippen LogP contribution in [0.1, 0.15) is 22.7 Å². The van der Waals surface area contributed by atoms with E-state index < -0.39 is 10.0 Å². The van der Waals surface area contributed by atoms with Crippen LogP contribution in [0.5, 0.6) is 5.75 Å². The van der Waals surface area contributed by atoms with Gasteiger partial charge in [-0.2, -0.15) is 0 Å². The molecule has 7 nitrogen and oxygen atoms in total. The summed E-state index contributed by atoms with van der Waals surface area (Å²) in [5.41, 5.74) is 4.53. The van der Waals surface area contributed by atoms with E-state index in [1.807, 2.05) is 25.9 Å². The van der Waals surface area contributed by atoms with E-state index in [0.717, 1.165) is 48.7 Å². The van der Waals surface area contributed by atoms with Crippen LogP contribution < -0.4 is 19.3 Å². The average Bonchev–Trinajstić information content (AvgIpc) is 2.91. The van der Waals surface area contributed by atoms with Crippen molar-refractivity contribution in [1.29, 1.82) is 0 Å². The number of hydrogen-bond donors (Lipinski definition) is 1. The zero-order valence-corrected chi connectivity index (χ0v) is 23.6. The summed E-state index contributed by atoms with van der Waals surface area (Å²) in [6.07, 6.45) is 0. The highest BCUT2D eigenvalue weighted by Gasteiger charge is 2.28.